The van der Waals surface area contributed by atoms with Crippen molar-refractivity contribution in [2.45, 2.75) is 27.9 Å². The zero-order chi connectivity index (χ0) is 31.5. The molecule has 0 saturated carbocycles. The number of fused-ring (bicyclic) bond motifs is 2. The normalized spacial score (nSPS) is 13.0. The first kappa shape index (κ1) is 33.8. The van der Waals surface area contributed by atoms with Crippen LogP contribution in [-0.2, 0) is 24.0 Å². The maximum atomic E-state index is 11.3. The summed E-state index contributed by atoms with van der Waals surface area (Å²) in [4.78, 5) is 63.6. The van der Waals surface area contributed by atoms with Gasteiger partial charge in [0.25, 0.3) is 0 Å². The van der Waals surface area contributed by atoms with Crippen molar-refractivity contribution in [3.8, 4) is 0 Å². The molecule has 16 heteroatoms. The van der Waals surface area contributed by atoms with Crippen LogP contribution in [0.15, 0.2) is 57.2 Å². The topological polar surface area (TPSA) is 212 Å². The molecule has 43 heavy (non-hydrogen) atoms. The maximum absolute atomic E-state index is 11.3. The van der Waals surface area contributed by atoms with E-state index in [0.717, 1.165) is 36.5 Å². The fraction of sp³-hybridized carbons (Fsp3) is 0.296. The lowest BCUT2D eigenvalue weighted by Crippen LogP contribution is -2.33. The summed E-state index contributed by atoms with van der Waals surface area (Å²) in [7, 11) is 0. The number of thiazole rings is 2. The maximum Gasteiger partial charge on any atom is 0.308 e. The fourth-order valence-electron chi connectivity index (χ4n) is 3.68. The lowest BCUT2D eigenvalue weighted by Gasteiger charge is -2.17. The van der Waals surface area contributed by atoms with E-state index in [4.69, 9.17) is 20.4 Å². The summed E-state index contributed by atoms with van der Waals surface area (Å²) in [5, 5.41) is 44.8. The largest absolute Gasteiger partial charge is 0.481 e. The monoisotopic (exact) mass is 666 g/mol. The molecule has 4 aromatic rings. The summed E-state index contributed by atoms with van der Waals surface area (Å²) in [5.74, 6) is -9.19. The molecule has 0 aliphatic heterocycles. The van der Waals surface area contributed by atoms with Crippen LogP contribution >= 0.6 is 46.2 Å². The van der Waals surface area contributed by atoms with Crippen LogP contribution in [0.3, 0.4) is 0 Å². The van der Waals surface area contributed by atoms with E-state index in [2.05, 4.69) is 9.97 Å². The lowest BCUT2D eigenvalue weighted by molar-refractivity contribution is -0.156. The molecule has 3 atom stereocenters. The minimum Gasteiger partial charge on any atom is -0.481 e. The number of rotatable bonds is 15. The molecule has 2 aromatic carbocycles. The van der Waals surface area contributed by atoms with Crippen molar-refractivity contribution in [2.75, 3.05) is 11.5 Å². The number of aliphatic carboxylic acids is 5. The third kappa shape index (κ3) is 10.5. The molecule has 0 radical (unpaired) electrons. The van der Waals surface area contributed by atoms with Crippen LogP contribution in [-0.4, -0.2) is 76.9 Å². The van der Waals surface area contributed by atoms with Gasteiger partial charge >= 0.3 is 29.8 Å². The predicted molar refractivity (Wildman–Crippen MR) is 163 cm³/mol. The summed E-state index contributed by atoms with van der Waals surface area (Å²) in [6, 6.07) is 15.1. The molecule has 2 heterocycles. The first-order valence-corrected chi connectivity index (χ1v) is 16.1. The molecule has 0 fully saturated rings. The molecule has 3 unspecified atom stereocenters. The Morgan fingerprint density at radius 3 is 1.56 bits per heavy atom. The van der Waals surface area contributed by atoms with Gasteiger partial charge in [0.1, 0.15) is 0 Å². The Kier molecular flexibility index (Phi) is 12.7. The van der Waals surface area contributed by atoms with Crippen molar-refractivity contribution in [1.29, 1.82) is 0 Å². The number of aromatic nitrogens is 2. The van der Waals surface area contributed by atoms with E-state index >= 15 is 0 Å². The molecule has 2 aromatic heterocycles. The van der Waals surface area contributed by atoms with Crippen molar-refractivity contribution in [1.82, 2.24) is 9.97 Å². The second-order valence-electron chi connectivity index (χ2n) is 8.97. The SMILES string of the molecule is O=C(O)CC(C(=O)O)C(CSc1nc2ccccc2s1)C(=O)O.O=C(O)CCC(CSc1nc2ccccc2s1)C(=O)O. The lowest BCUT2D eigenvalue weighted by atomic mass is 9.91. The number of hydrogen-bond acceptors (Lipinski definition) is 11. The summed E-state index contributed by atoms with van der Waals surface area (Å²) in [6.07, 6.45) is -0.716. The minimum absolute atomic E-state index is 0.0561. The number of carbonyl (C=O) groups is 5. The van der Waals surface area contributed by atoms with Gasteiger partial charge in [-0.2, -0.15) is 0 Å². The van der Waals surface area contributed by atoms with E-state index in [9.17, 15) is 29.1 Å². The third-order valence-corrected chi connectivity index (χ3v) is 10.6. The Balaban J connectivity index is 0.000000238. The molecular formula is C27H26N2O10S4. The average Bonchev–Trinajstić information content (AvgIpc) is 3.55. The van der Waals surface area contributed by atoms with Crippen LogP contribution in [0.1, 0.15) is 19.3 Å². The molecule has 0 saturated heterocycles. The number of para-hydroxylation sites is 2. The molecule has 228 valence electrons. The van der Waals surface area contributed by atoms with E-state index in [1.807, 2.05) is 48.5 Å². The van der Waals surface area contributed by atoms with E-state index in [-0.39, 0.29) is 18.6 Å². The highest BCUT2D eigenvalue weighted by Gasteiger charge is 2.35. The summed E-state index contributed by atoms with van der Waals surface area (Å²) in [6.45, 7) is 0. The minimum atomic E-state index is -1.48. The molecule has 0 aliphatic rings. The van der Waals surface area contributed by atoms with Gasteiger partial charge in [-0.05, 0) is 30.7 Å². The Hall–Kier alpha value is -3.73. The summed E-state index contributed by atoms with van der Waals surface area (Å²) < 4.78 is 3.44. The number of carboxylic acid groups (broad SMARTS) is 5. The van der Waals surface area contributed by atoms with Crippen LogP contribution in [0.5, 0.6) is 0 Å². The molecule has 5 N–H and O–H groups in total. The second kappa shape index (κ2) is 16.2. The molecule has 0 bridgehead atoms. The first-order chi connectivity index (χ1) is 20.4. The van der Waals surface area contributed by atoms with Crippen molar-refractivity contribution in [3.05, 3.63) is 48.5 Å². The Morgan fingerprint density at radius 2 is 1.14 bits per heavy atom. The number of nitrogens with zero attached hydrogens (tertiary/aromatic N) is 2. The van der Waals surface area contributed by atoms with E-state index in [0.29, 0.717) is 10.1 Å². The molecule has 0 spiro atoms. The van der Waals surface area contributed by atoms with Gasteiger partial charge in [0.05, 0.1) is 44.6 Å². The Labute approximate surface area is 260 Å². The quantitative estimate of drug-likeness (QED) is 0.103. The fourth-order valence-corrected chi connectivity index (χ4v) is 8.17. The zero-order valence-electron chi connectivity index (χ0n) is 22.2. The highest BCUT2D eigenvalue weighted by molar-refractivity contribution is 8.01. The van der Waals surface area contributed by atoms with Crippen LogP contribution < -0.4 is 0 Å². The van der Waals surface area contributed by atoms with Crippen LogP contribution in [0.4, 0.5) is 0 Å². The zero-order valence-corrected chi connectivity index (χ0v) is 25.5. The van der Waals surface area contributed by atoms with Gasteiger partial charge in [-0.3, -0.25) is 24.0 Å². The van der Waals surface area contributed by atoms with Gasteiger partial charge in [-0.15, -0.1) is 22.7 Å². The van der Waals surface area contributed by atoms with Crippen molar-refractivity contribution < 1.29 is 49.5 Å². The van der Waals surface area contributed by atoms with Gasteiger partial charge in [-0.1, -0.05) is 47.8 Å². The number of thioether (sulfide) groups is 2. The molecule has 12 nitrogen and oxygen atoms in total. The van der Waals surface area contributed by atoms with E-state index in [1.165, 1.54) is 34.4 Å². The highest BCUT2D eigenvalue weighted by Crippen LogP contribution is 2.33. The second-order valence-corrected chi connectivity index (χ2v) is 13.6. The standard InChI is InChI=1S/C14H13NO6S2.C13H13NO4S2/c16-11(17)5-7(12(18)19)8(13(20)21)6-22-14-15-9-3-1-2-4-10(9)23-14;15-11(16)6-5-8(12(17)18)7-19-13-14-9-3-1-2-4-10(9)20-13/h1-4,7-8H,5-6H2,(H,16,17)(H,18,19)(H,20,21);1-4,8H,5-7H2,(H,15,16)(H,17,18). The van der Waals surface area contributed by atoms with E-state index in [1.54, 1.807) is 0 Å². The smallest absolute Gasteiger partial charge is 0.308 e. The third-order valence-electron chi connectivity index (χ3n) is 5.91. The van der Waals surface area contributed by atoms with Crippen LogP contribution in [0, 0.1) is 17.8 Å². The molecular weight excluding hydrogens is 641 g/mol. The average molecular weight is 667 g/mol. The van der Waals surface area contributed by atoms with Crippen molar-refractivity contribution in [3.63, 3.8) is 0 Å². The van der Waals surface area contributed by atoms with Gasteiger partial charge in [0.15, 0.2) is 8.68 Å². The van der Waals surface area contributed by atoms with Crippen LogP contribution in [0.25, 0.3) is 20.4 Å². The van der Waals surface area contributed by atoms with Crippen molar-refractivity contribution >= 4 is 96.5 Å². The van der Waals surface area contributed by atoms with E-state index < -0.39 is 54.0 Å². The summed E-state index contributed by atoms with van der Waals surface area (Å²) in [5.41, 5.74) is 1.68. The highest BCUT2D eigenvalue weighted by atomic mass is 32.2. The van der Waals surface area contributed by atoms with Gasteiger partial charge < -0.3 is 25.5 Å². The summed E-state index contributed by atoms with van der Waals surface area (Å²) >= 11 is 5.39. The molecule has 4 rings (SSSR count). The van der Waals surface area contributed by atoms with Crippen molar-refractivity contribution in [2.24, 2.45) is 17.8 Å². The Bertz CT molecular complexity index is 1540. The van der Waals surface area contributed by atoms with Gasteiger partial charge in [-0.25, -0.2) is 9.97 Å². The number of benzene rings is 2. The first-order valence-electron chi connectivity index (χ1n) is 12.5. The number of carboxylic acids is 5. The van der Waals surface area contributed by atoms with Crippen LogP contribution in [0.2, 0.25) is 0 Å². The molecule has 0 amide bonds. The number of hydrogen-bond donors (Lipinski definition) is 5. The molecule has 0 aliphatic carbocycles. The van der Waals surface area contributed by atoms with Gasteiger partial charge in [0, 0.05) is 17.9 Å². The predicted octanol–water partition coefficient (Wildman–Crippen LogP) is 5.22. The Morgan fingerprint density at radius 1 is 0.651 bits per heavy atom. The van der Waals surface area contributed by atoms with Gasteiger partial charge in [0.2, 0.25) is 0 Å².